The number of aryl methyl sites for hydroxylation is 1. The number of carboxylic acid groups (broad SMARTS) is 1. The van der Waals surface area contributed by atoms with E-state index in [9.17, 15) is 9.59 Å². The van der Waals surface area contributed by atoms with Gasteiger partial charge in [-0.15, -0.1) is 0 Å². The van der Waals surface area contributed by atoms with Crippen molar-refractivity contribution in [1.82, 2.24) is 0 Å². The SMILES string of the molecule is Cc1ccc(C(N)C(=O)Nc2cccc(C(=O)O)c2)cc1. The fourth-order valence-corrected chi connectivity index (χ4v) is 1.88. The standard InChI is InChI=1S/C16H16N2O3/c1-10-5-7-11(8-6-10)14(17)15(19)18-13-4-2-3-12(9-13)16(20)21/h2-9,14H,17H2,1H3,(H,18,19)(H,20,21). The van der Waals surface area contributed by atoms with Crippen LogP contribution in [0.15, 0.2) is 48.5 Å². The maximum atomic E-state index is 12.1. The average molecular weight is 284 g/mol. The number of hydrogen-bond donors (Lipinski definition) is 3. The van der Waals surface area contributed by atoms with Crippen LogP contribution in [0.5, 0.6) is 0 Å². The molecule has 0 saturated heterocycles. The van der Waals surface area contributed by atoms with Crippen molar-refractivity contribution in [2.24, 2.45) is 5.73 Å². The molecule has 1 atom stereocenters. The van der Waals surface area contributed by atoms with E-state index in [1.165, 1.54) is 12.1 Å². The molecule has 0 heterocycles. The topological polar surface area (TPSA) is 92.4 Å². The summed E-state index contributed by atoms with van der Waals surface area (Å²) in [5.41, 5.74) is 8.20. The average Bonchev–Trinajstić information content (AvgIpc) is 2.47. The molecule has 0 saturated carbocycles. The number of carbonyl (C=O) groups excluding carboxylic acids is 1. The van der Waals surface area contributed by atoms with E-state index in [2.05, 4.69) is 5.32 Å². The fourth-order valence-electron chi connectivity index (χ4n) is 1.88. The molecule has 4 N–H and O–H groups in total. The lowest BCUT2D eigenvalue weighted by molar-refractivity contribution is -0.117. The molecular formula is C16H16N2O3. The molecule has 0 radical (unpaired) electrons. The Balaban J connectivity index is 2.12. The Hall–Kier alpha value is -2.66. The number of aromatic carboxylic acids is 1. The van der Waals surface area contributed by atoms with Gasteiger partial charge in [-0.3, -0.25) is 4.79 Å². The van der Waals surface area contributed by atoms with Gasteiger partial charge >= 0.3 is 5.97 Å². The molecule has 0 bridgehead atoms. The minimum atomic E-state index is -1.05. The Morgan fingerprint density at radius 1 is 1.14 bits per heavy atom. The maximum absolute atomic E-state index is 12.1. The molecule has 5 nitrogen and oxygen atoms in total. The quantitative estimate of drug-likeness (QED) is 0.803. The number of amides is 1. The Bertz CT molecular complexity index is 665. The van der Waals surface area contributed by atoms with E-state index in [0.717, 1.165) is 5.56 Å². The van der Waals surface area contributed by atoms with E-state index in [0.29, 0.717) is 11.3 Å². The van der Waals surface area contributed by atoms with Crippen LogP contribution in [0.4, 0.5) is 5.69 Å². The smallest absolute Gasteiger partial charge is 0.335 e. The molecule has 0 aliphatic heterocycles. The van der Waals surface area contributed by atoms with E-state index in [4.69, 9.17) is 10.8 Å². The maximum Gasteiger partial charge on any atom is 0.335 e. The number of nitrogens with one attached hydrogen (secondary N) is 1. The van der Waals surface area contributed by atoms with Crippen molar-refractivity contribution in [1.29, 1.82) is 0 Å². The number of nitrogens with two attached hydrogens (primary N) is 1. The molecule has 0 aliphatic rings. The molecule has 2 aromatic rings. The number of anilines is 1. The van der Waals surface area contributed by atoms with Gasteiger partial charge in [0, 0.05) is 5.69 Å². The zero-order valence-electron chi connectivity index (χ0n) is 11.5. The van der Waals surface area contributed by atoms with Gasteiger partial charge in [0.05, 0.1) is 5.56 Å². The van der Waals surface area contributed by atoms with Crippen LogP contribution >= 0.6 is 0 Å². The third kappa shape index (κ3) is 3.67. The predicted molar refractivity (Wildman–Crippen MR) is 80.1 cm³/mol. The Kier molecular flexibility index (Phi) is 4.35. The van der Waals surface area contributed by atoms with Crippen LogP contribution in [0.1, 0.15) is 27.5 Å². The van der Waals surface area contributed by atoms with Gasteiger partial charge in [0.25, 0.3) is 0 Å². The highest BCUT2D eigenvalue weighted by molar-refractivity contribution is 5.97. The molecule has 1 unspecified atom stereocenters. The van der Waals surface area contributed by atoms with Crippen LogP contribution in [0, 0.1) is 6.92 Å². The van der Waals surface area contributed by atoms with Crippen molar-refractivity contribution in [2.45, 2.75) is 13.0 Å². The van der Waals surface area contributed by atoms with Crippen molar-refractivity contribution in [3.63, 3.8) is 0 Å². The first-order valence-electron chi connectivity index (χ1n) is 6.44. The highest BCUT2D eigenvalue weighted by Crippen LogP contribution is 2.16. The molecule has 0 aliphatic carbocycles. The first-order valence-corrected chi connectivity index (χ1v) is 6.44. The minimum absolute atomic E-state index is 0.108. The third-order valence-corrected chi connectivity index (χ3v) is 3.10. The number of carboxylic acids is 1. The molecule has 0 fully saturated rings. The molecule has 1 amide bonds. The zero-order chi connectivity index (χ0) is 15.4. The van der Waals surface area contributed by atoms with E-state index in [1.54, 1.807) is 24.3 Å². The summed E-state index contributed by atoms with van der Waals surface area (Å²) in [6.07, 6.45) is 0. The summed E-state index contributed by atoms with van der Waals surface area (Å²) >= 11 is 0. The third-order valence-electron chi connectivity index (χ3n) is 3.10. The summed E-state index contributed by atoms with van der Waals surface area (Å²) in [7, 11) is 0. The largest absolute Gasteiger partial charge is 0.478 e. The molecule has 0 spiro atoms. The second kappa shape index (κ2) is 6.19. The summed E-state index contributed by atoms with van der Waals surface area (Å²) < 4.78 is 0. The van der Waals surface area contributed by atoms with Gasteiger partial charge in [-0.1, -0.05) is 35.9 Å². The molecule has 21 heavy (non-hydrogen) atoms. The van der Waals surface area contributed by atoms with E-state index in [-0.39, 0.29) is 11.5 Å². The number of carbonyl (C=O) groups is 2. The molecule has 2 aromatic carbocycles. The van der Waals surface area contributed by atoms with Crippen molar-refractivity contribution in [2.75, 3.05) is 5.32 Å². The normalized spacial score (nSPS) is 11.7. The van der Waals surface area contributed by atoms with Gasteiger partial charge in [-0.2, -0.15) is 0 Å². The number of benzene rings is 2. The lowest BCUT2D eigenvalue weighted by Crippen LogP contribution is -2.27. The van der Waals surface area contributed by atoms with Crippen LogP contribution in [0.25, 0.3) is 0 Å². The summed E-state index contributed by atoms with van der Waals surface area (Å²) in [5.74, 6) is -1.43. The number of hydrogen-bond acceptors (Lipinski definition) is 3. The van der Waals surface area contributed by atoms with Crippen molar-refractivity contribution < 1.29 is 14.7 Å². The lowest BCUT2D eigenvalue weighted by Gasteiger charge is -2.13. The van der Waals surface area contributed by atoms with E-state index >= 15 is 0 Å². The van der Waals surface area contributed by atoms with Gasteiger partial charge in [0.1, 0.15) is 6.04 Å². The predicted octanol–water partition coefficient (Wildman–Crippen LogP) is 2.33. The van der Waals surface area contributed by atoms with Gasteiger partial charge in [0.15, 0.2) is 0 Å². The lowest BCUT2D eigenvalue weighted by atomic mass is 10.1. The summed E-state index contributed by atoms with van der Waals surface area (Å²) in [4.78, 5) is 23.0. The van der Waals surface area contributed by atoms with Crippen molar-refractivity contribution >= 4 is 17.6 Å². The van der Waals surface area contributed by atoms with E-state index < -0.39 is 12.0 Å². The van der Waals surface area contributed by atoms with Crippen LogP contribution in [0.2, 0.25) is 0 Å². The molecule has 0 aromatic heterocycles. The fraction of sp³-hybridized carbons (Fsp3) is 0.125. The van der Waals surface area contributed by atoms with Crippen LogP contribution in [-0.2, 0) is 4.79 Å². The molecule has 5 heteroatoms. The summed E-state index contributed by atoms with van der Waals surface area (Å²) in [6.45, 7) is 1.95. The molecular weight excluding hydrogens is 268 g/mol. The van der Waals surface area contributed by atoms with Crippen LogP contribution < -0.4 is 11.1 Å². The highest BCUT2D eigenvalue weighted by atomic mass is 16.4. The van der Waals surface area contributed by atoms with Crippen molar-refractivity contribution in [3.05, 3.63) is 65.2 Å². The van der Waals surface area contributed by atoms with Gasteiger partial charge in [0.2, 0.25) is 5.91 Å². The van der Waals surface area contributed by atoms with E-state index in [1.807, 2.05) is 19.1 Å². The van der Waals surface area contributed by atoms with Gasteiger partial charge < -0.3 is 16.2 Å². The monoisotopic (exact) mass is 284 g/mol. The Labute approximate surface area is 122 Å². The van der Waals surface area contributed by atoms with Gasteiger partial charge in [-0.25, -0.2) is 4.79 Å². The number of rotatable bonds is 4. The Morgan fingerprint density at radius 2 is 1.81 bits per heavy atom. The molecule has 2 rings (SSSR count). The van der Waals surface area contributed by atoms with Crippen LogP contribution in [0.3, 0.4) is 0 Å². The highest BCUT2D eigenvalue weighted by Gasteiger charge is 2.16. The zero-order valence-corrected chi connectivity index (χ0v) is 11.5. The first-order chi connectivity index (χ1) is 9.97. The molecule has 108 valence electrons. The minimum Gasteiger partial charge on any atom is -0.478 e. The second-order valence-electron chi connectivity index (χ2n) is 4.76. The second-order valence-corrected chi connectivity index (χ2v) is 4.76. The van der Waals surface area contributed by atoms with Gasteiger partial charge in [-0.05, 0) is 30.7 Å². The van der Waals surface area contributed by atoms with Crippen LogP contribution in [-0.4, -0.2) is 17.0 Å². The van der Waals surface area contributed by atoms with Crippen molar-refractivity contribution in [3.8, 4) is 0 Å². The summed E-state index contributed by atoms with van der Waals surface area (Å²) in [6, 6.07) is 12.6. The first kappa shape index (κ1) is 14.7. The summed E-state index contributed by atoms with van der Waals surface area (Å²) in [5, 5.41) is 11.5. The Morgan fingerprint density at radius 3 is 2.43 bits per heavy atom.